The summed E-state index contributed by atoms with van der Waals surface area (Å²) in [5, 5.41) is 25.1. The van der Waals surface area contributed by atoms with E-state index in [1.807, 2.05) is 4.90 Å². The van der Waals surface area contributed by atoms with Crippen LogP contribution in [0, 0.1) is 0 Å². The van der Waals surface area contributed by atoms with E-state index in [1.165, 1.54) is 23.2 Å². The average molecular weight is 521 g/mol. The van der Waals surface area contributed by atoms with E-state index in [4.69, 9.17) is 4.74 Å². The maximum atomic E-state index is 13.3. The summed E-state index contributed by atoms with van der Waals surface area (Å²) in [6.45, 7) is 5.93. The number of benzene rings is 1. The van der Waals surface area contributed by atoms with Gasteiger partial charge in [-0.1, -0.05) is 6.07 Å². The highest BCUT2D eigenvalue weighted by Crippen LogP contribution is 2.46. The van der Waals surface area contributed by atoms with Gasteiger partial charge in [-0.25, -0.2) is 38.8 Å². The van der Waals surface area contributed by atoms with Crippen molar-refractivity contribution < 1.29 is 29.3 Å². The Kier molecular flexibility index (Phi) is 4.90. The first-order valence-electron chi connectivity index (χ1n) is 12.0. The second-order valence-electron chi connectivity index (χ2n) is 10.3. The number of phenolic OH excluding ortho intramolecular Hbond substituents is 1. The largest absolute Gasteiger partial charge is 0.506 e. The number of carboxylic acid groups (broad SMARTS) is 1. The molecule has 1 fully saturated rings. The van der Waals surface area contributed by atoms with E-state index in [1.54, 1.807) is 32.9 Å². The van der Waals surface area contributed by atoms with Crippen LogP contribution in [0.15, 0.2) is 30.7 Å². The lowest BCUT2D eigenvalue weighted by Gasteiger charge is -2.41. The van der Waals surface area contributed by atoms with Crippen molar-refractivity contribution in [2.24, 2.45) is 0 Å². The Hall–Kier alpha value is -4.75. The fraction of sp³-hybridized carbons (Fsp3) is 0.375. The number of hydrogen-bond acceptors (Lipinski definition) is 10. The molecule has 2 aliphatic heterocycles. The minimum Gasteiger partial charge on any atom is -0.506 e. The number of imidazole rings is 1. The van der Waals surface area contributed by atoms with Crippen molar-refractivity contribution in [2.45, 2.75) is 44.8 Å². The number of amides is 2. The number of rotatable bonds is 1. The second kappa shape index (κ2) is 7.87. The molecule has 196 valence electrons. The number of nitrogens with zero attached hydrogens (tertiary/aromatic N) is 8. The summed E-state index contributed by atoms with van der Waals surface area (Å²) >= 11 is 0. The van der Waals surface area contributed by atoms with E-state index in [2.05, 4.69) is 20.1 Å². The van der Waals surface area contributed by atoms with Crippen LogP contribution in [0.5, 0.6) is 5.75 Å². The van der Waals surface area contributed by atoms with E-state index in [-0.39, 0.29) is 29.9 Å². The molecule has 1 spiro atoms. The molecule has 38 heavy (non-hydrogen) atoms. The number of phenols is 1. The number of aromatic hydroxyl groups is 1. The van der Waals surface area contributed by atoms with Crippen LogP contribution in [0.2, 0.25) is 0 Å². The lowest BCUT2D eigenvalue weighted by molar-refractivity contribution is 0.0515. The van der Waals surface area contributed by atoms with Crippen LogP contribution in [-0.4, -0.2) is 81.3 Å². The first kappa shape index (κ1) is 23.6. The highest BCUT2D eigenvalue weighted by atomic mass is 16.6. The van der Waals surface area contributed by atoms with Gasteiger partial charge in [-0.2, -0.15) is 4.68 Å². The van der Waals surface area contributed by atoms with Gasteiger partial charge < -0.3 is 19.8 Å². The Morgan fingerprint density at radius 2 is 1.87 bits per heavy atom. The van der Waals surface area contributed by atoms with Gasteiger partial charge in [0.25, 0.3) is 0 Å². The topological polar surface area (TPSA) is 169 Å². The number of fused-ring (bicyclic) bond motifs is 5. The van der Waals surface area contributed by atoms with Crippen molar-refractivity contribution >= 4 is 46.1 Å². The molecule has 2 N–H and O–H groups in total. The Morgan fingerprint density at radius 1 is 1.13 bits per heavy atom. The van der Waals surface area contributed by atoms with Gasteiger partial charge in [-0.15, -0.1) is 5.10 Å². The minimum absolute atomic E-state index is 0.0861. The molecular weight excluding hydrogens is 496 g/mol. The third kappa shape index (κ3) is 3.36. The van der Waals surface area contributed by atoms with Crippen LogP contribution in [0.25, 0.3) is 22.1 Å². The van der Waals surface area contributed by atoms with E-state index < -0.39 is 29.4 Å². The number of anilines is 1. The third-order valence-electron chi connectivity index (χ3n) is 6.85. The minimum atomic E-state index is -1.37. The number of piperidine rings is 1. The predicted molar refractivity (Wildman–Crippen MR) is 132 cm³/mol. The smallest absolute Gasteiger partial charge is 0.435 e. The van der Waals surface area contributed by atoms with Crippen molar-refractivity contribution in [3.8, 4) is 5.75 Å². The molecule has 5 heterocycles. The Balaban J connectivity index is 1.35. The average Bonchev–Trinajstić information content (AvgIpc) is 3.51. The number of imide groups is 1. The fourth-order valence-corrected chi connectivity index (χ4v) is 5.25. The molecule has 0 saturated carbocycles. The van der Waals surface area contributed by atoms with Gasteiger partial charge in [-0.3, -0.25) is 0 Å². The Labute approximate surface area is 215 Å². The maximum Gasteiger partial charge on any atom is 0.435 e. The molecule has 4 aromatic rings. The standard InChI is InChI=1S/C24H24N8O6/c1-23(2,3)38-22(37)30-11-13-17(28-30)25-12-26-18(13)29-9-7-24(8-10-29)19-27-16-14(5-4-6-15(16)33)31(19)20(34)32(24)21(35)36/h4-6,11-12,33H,7-10H2,1-3H3,(H,35,36). The summed E-state index contributed by atoms with van der Waals surface area (Å²) in [5.41, 5.74) is -1.01. The number of para-hydroxylation sites is 1. The number of aromatic nitrogens is 6. The number of hydrogen-bond donors (Lipinski definition) is 2. The summed E-state index contributed by atoms with van der Waals surface area (Å²) in [6, 6.07) is 3.95. The highest BCUT2D eigenvalue weighted by Gasteiger charge is 2.57. The van der Waals surface area contributed by atoms with Crippen molar-refractivity contribution in [2.75, 3.05) is 18.0 Å². The van der Waals surface area contributed by atoms with Gasteiger partial charge in [0, 0.05) is 13.1 Å². The number of ether oxygens (including phenoxy) is 1. The quantitative estimate of drug-likeness (QED) is 0.378. The van der Waals surface area contributed by atoms with Gasteiger partial charge in [0.15, 0.2) is 5.65 Å². The fourth-order valence-electron chi connectivity index (χ4n) is 5.25. The zero-order valence-corrected chi connectivity index (χ0v) is 20.8. The van der Waals surface area contributed by atoms with Crippen molar-refractivity contribution in [1.29, 1.82) is 0 Å². The summed E-state index contributed by atoms with van der Waals surface area (Å²) < 4.78 is 7.74. The van der Waals surface area contributed by atoms with Crippen LogP contribution >= 0.6 is 0 Å². The highest BCUT2D eigenvalue weighted by molar-refractivity contribution is 6.02. The normalized spacial score (nSPS) is 17.0. The summed E-state index contributed by atoms with van der Waals surface area (Å²) in [6.07, 6.45) is 1.31. The maximum absolute atomic E-state index is 13.3. The molecule has 14 nitrogen and oxygen atoms in total. The van der Waals surface area contributed by atoms with Gasteiger partial charge in [0.05, 0.1) is 17.1 Å². The zero-order chi connectivity index (χ0) is 27.0. The lowest BCUT2D eigenvalue weighted by atomic mass is 9.86. The zero-order valence-electron chi connectivity index (χ0n) is 20.8. The monoisotopic (exact) mass is 520 g/mol. The van der Waals surface area contributed by atoms with E-state index >= 15 is 0 Å². The third-order valence-corrected chi connectivity index (χ3v) is 6.85. The Morgan fingerprint density at radius 3 is 2.55 bits per heavy atom. The summed E-state index contributed by atoms with van der Waals surface area (Å²) in [4.78, 5) is 54.0. The molecule has 1 aromatic carbocycles. The van der Waals surface area contributed by atoms with Crippen LogP contribution in [0.1, 0.15) is 39.4 Å². The van der Waals surface area contributed by atoms with Crippen molar-refractivity contribution in [3.05, 3.63) is 36.5 Å². The first-order chi connectivity index (χ1) is 18.0. The molecule has 0 atom stereocenters. The van der Waals surface area contributed by atoms with Crippen LogP contribution in [0.4, 0.5) is 20.2 Å². The lowest BCUT2D eigenvalue weighted by Crippen LogP contribution is -2.53. The molecule has 0 bridgehead atoms. The van der Waals surface area contributed by atoms with Crippen molar-refractivity contribution in [1.82, 2.24) is 34.2 Å². The van der Waals surface area contributed by atoms with E-state index in [9.17, 15) is 24.6 Å². The summed E-state index contributed by atoms with van der Waals surface area (Å²) in [5.74, 6) is 0.723. The van der Waals surface area contributed by atoms with Gasteiger partial charge in [0.2, 0.25) is 0 Å². The van der Waals surface area contributed by atoms with Crippen LogP contribution in [-0.2, 0) is 10.3 Å². The van der Waals surface area contributed by atoms with Crippen LogP contribution < -0.4 is 4.90 Å². The van der Waals surface area contributed by atoms with E-state index in [0.717, 1.165) is 9.58 Å². The molecule has 1 saturated heterocycles. The number of carbonyl (C=O) groups is 3. The molecular formula is C24H24N8O6. The molecule has 0 unspecified atom stereocenters. The molecule has 6 rings (SSSR count). The molecule has 0 radical (unpaired) electrons. The van der Waals surface area contributed by atoms with Gasteiger partial charge >= 0.3 is 18.2 Å². The van der Waals surface area contributed by atoms with Crippen molar-refractivity contribution in [3.63, 3.8) is 0 Å². The summed E-state index contributed by atoms with van der Waals surface area (Å²) in [7, 11) is 0. The van der Waals surface area contributed by atoms with Crippen LogP contribution in [0.3, 0.4) is 0 Å². The molecule has 2 aliphatic rings. The Bertz CT molecular complexity index is 1640. The second-order valence-corrected chi connectivity index (χ2v) is 10.3. The first-order valence-corrected chi connectivity index (χ1v) is 12.0. The molecule has 2 amide bonds. The van der Waals surface area contributed by atoms with Gasteiger partial charge in [0.1, 0.15) is 40.4 Å². The van der Waals surface area contributed by atoms with Gasteiger partial charge in [-0.05, 0) is 45.7 Å². The molecule has 3 aromatic heterocycles. The number of carbonyl (C=O) groups excluding carboxylic acids is 2. The van der Waals surface area contributed by atoms with E-state index in [0.29, 0.717) is 35.5 Å². The SMILES string of the molecule is CC(C)(C)OC(=O)n1cc2c(N3CCC4(CC3)c3nc5c(O)cccc5n3C(=O)N4C(=O)O)ncnc2n1. The molecule has 0 aliphatic carbocycles. The predicted octanol–water partition coefficient (Wildman–Crippen LogP) is 3.12. The molecule has 14 heteroatoms.